The number of thiophene rings is 1. The highest BCUT2D eigenvalue weighted by Gasteiger charge is 2.41. The minimum atomic E-state index is -0.190. The highest BCUT2D eigenvalue weighted by atomic mass is 32.1. The largest absolute Gasteiger partial charge is 0.277 e. The van der Waals surface area contributed by atoms with E-state index in [0.29, 0.717) is 17.6 Å². The second-order valence-electron chi connectivity index (χ2n) is 12.8. The van der Waals surface area contributed by atoms with E-state index in [4.69, 9.17) is 15.0 Å². The topological polar surface area (TPSA) is 43.6 Å². The van der Waals surface area contributed by atoms with Crippen molar-refractivity contribution in [1.82, 2.24) is 19.5 Å². The molecule has 0 spiro atoms. The van der Waals surface area contributed by atoms with Crippen LogP contribution in [0.2, 0.25) is 0 Å². The van der Waals surface area contributed by atoms with E-state index in [1.54, 1.807) is 0 Å². The monoisotopic (exact) mass is 620 g/mol. The molecular weight excluding hydrogens is 593 g/mol. The molecule has 3 heterocycles. The molecule has 10 rings (SSSR count). The van der Waals surface area contributed by atoms with Crippen molar-refractivity contribution in [2.75, 3.05) is 0 Å². The quantitative estimate of drug-likeness (QED) is 0.197. The van der Waals surface area contributed by atoms with Gasteiger partial charge in [0, 0.05) is 53.1 Å². The smallest absolute Gasteiger partial charge is 0.238 e. The molecule has 1 aliphatic rings. The Balaban J connectivity index is 1.45. The van der Waals surface area contributed by atoms with Gasteiger partial charge in [0.25, 0.3) is 0 Å². The first-order valence-corrected chi connectivity index (χ1v) is 16.8. The number of nitrogens with zero attached hydrogens (tertiary/aromatic N) is 4. The molecule has 0 amide bonds. The Morgan fingerprint density at radius 3 is 1.89 bits per heavy atom. The minimum absolute atomic E-state index is 0.190. The van der Waals surface area contributed by atoms with Crippen molar-refractivity contribution < 1.29 is 0 Å². The molecule has 47 heavy (non-hydrogen) atoms. The van der Waals surface area contributed by atoms with Crippen LogP contribution in [0.5, 0.6) is 0 Å². The van der Waals surface area contributed by atoms with Gasteiger partial charge in [-0.3, -0.25) is 4.57 Å². The molecule has 4 nitrogen and oxygen atoms in total. The second kappa shape index (κ2) is 9.68. The predicted octanol–water partition coefficient (Wildman–Crippen LogP) is 11.0. The second-order valence-corrected chi connectivity index (χ2v) is 13.9. The molecule has 222 valence electrons. The fourth-order valence-corrected chi connectivity index (χ4v) is 9.20. The zero-order chi connectivity index (χ0) is 31.3. The summed E-state index contributed by atoms with van der Waals surface area (Å²) in [6.07, 6.45) is 0. The zero-order valence-electron chi connectivity index (χ0n) is 25.9. The van der Waals surface area contributed by atoms with Gasteiger partial charge >= 0.3 is 0 Å². The molecule has 0 saturated heterocycles. The van der Waals surface area contributed by atoms with Crippen LogP contribution in [0.25, 0.3) is 81.8 Å². The molecule has 3 aromatic heterocycles. The summed E-state index contributed by atoms with van der Waals surface area (Å²) in [5, 5.41) is 5.06. The lowest BCUT2D eigenvalue weighted by Crippen LogP contribution is -2.15. The van der Waals surface area contributed by atoms with Crippen LogP contribution in [0.4, 0.5) is 0 Å². The van der Waals surface area contributed by atoms with Crippen LogP contribution in [0.3, 0.4) is 0 Å². The number of fused-ring (bicyclic) bond motifs is 12. The summed E-state index contributed by atoms with van der Waals surface area (Å²) in [6.45, 7) is 4.76. The van der Waals surface area contributed by atoms with Gasteiger partial charge in [-0.15, -0.1) is 11.3 Å². The first-order valence-electron chi connectivity index (χ1n) is 16.0. The fraction of sp³-hybridized carbons (Fsp3) is 0.0714. The molecule has 5 heteroatoms. The number of aromatic nitrogens is 4. The van der Waals surface area contributed by atoms with E-state index in [2.05, 4.69) is 115 Å². The molecule has 0 atom stereocenters. The summed E-state index contributed by atoms with van der Waals surface area (Å²) in [5.74, 6) is 1.92. The van der Waals surface area contributed by atoms with E-state index in [1.807, 2.05) is 47.7 Å². The van der Waals surface area contributed by atoms with Crippen molar-refractivity contribution in [2.24, 2.45) is 0 Å². The lowest BCUT2D eigenvalue weighted by atomic mass is 9.81. The van der Waals surface area contributed by atoms with Crippen LogP contribution in [0.15, 0.2) is 133 Å². The Morgan fingerprint density at radius 1 is 0.574 bits per heavy atom. The van der Waals surface area contributed by atoms with Crippen LogP contribution in [0.1, 0.15) is 25.0 Å². The highest BCUT2D eigenvalue weighted by Crippen LogP contribution is 2.58. The van der Waals surface area contributed by atoms with Crippen LogP contribution in [-0.4, -0.2) is 19.5 Å². The average Bonchev–Trinajstić information content (AvgIpc) is 3.75. The van der Waals surface area contributed by atoms with E-state index in [-0.39, 0.29) is 5.41 Å². The Bertz CT molecular complexity index is 2640. The maximum atomic E-state index is 5.26. The number of benzene rings is 6. The Kier molecular flexibility index (Phi) is 5.47. The van der Waals surface area contributed by atoms with E-state index in [9.17, 15) is 0 Å². The summed E-state index contributed by atoms with van der Waals surface area (Å²) in [5.41, 5.74) is 9.24. The first-order chi connectivity index (χ1) is 23.1. The van der Waals surface area contributed by atoms with Crippen molar-refractivity contribution in [2.45, 2.75) is 19.3 Å². The summed E-state index contributed by atoms with van der Waals surface area (Å²) in [6, 6.07) is 47.0. The maximum Gasteiger partial charge on any atom is 0.238 e. The third kappa shape index (κ3) is 3.66. The SMILES string of the molecule is CC1(C)c2ccccc2-c2c1c1sc3ccccc3c1c1c3ccccc3n(-c3nc(-c4ccccc4)nc(-c4ccccc4)n3)c21. The van der Waals surface area contributed by atoms with Gasteiger partial charge in [0.1, 0.15) is 0 Å². The van der Waals surface area contributed by atoms with Crippen LogP contribution in [-0.2, 0) is 5.41 Å². The van der Waals surface area contributed by atoms with Crippen LogP contribution in [0, 0.1) is 0 Å². The molecular formula is C42H28N4S. The van der Waals surface area contributed by atoms with E-state index < -0.39 is 0 Å². The molecule has 0 fully saturated rings. The normalized spacial score (nSPS) is 13.5. The molecule has 0 aliphatic heterocycles. The molecule has 1 aliphatic carbocycles. The highest BCUT2D eigenvalue weighted by molar-refractivity contribution is 7.26. The molecule has 0 bridgehead atoms. The number of hydrogen-bond acceptors (Lipinski definition) is 4. The summed E-state index contributed by atoms with van der Waals surface area (Å²) in [4.78, 5) is 15.6. The zero-order valence-corrected chi connectivity index (χ0v) is 26.7. The summed E-state index contributed by atoms with van der Waals surface area (Å²) >= 11 is 1.92. The van der Waals surface area contributed by atoms with Crippen LogP contribution < -0.4 is 0 Å². The molecule has 0 saturated carbocycles. The van der Waals surface area contributed by atoms with E-state index in [0.717, 1.165) is 22.2 Å². The predicted molar refractivity (Wildman–Crippen MR) is 195 cm³/mol. The minimum Gasteiger partial charge on any atom is -0.277 e. The average molecular weight is 621 g/mol. The van der Waals surface area contributed by atoms with Gasteiger partial charge < -0.3 is 0 Å². The van der Waals surface area contributed by atoms with E-state index >= 15 is 0 Å². The van der Waals surface area contributed by atoms with E-state index in [1.165, 1.54) is 53.2 Å². The van der Waals surface area contributed by atoms with Crippen molar-refractivity contribution in [3.05, 3.63) is 145 Å². The summed E-state index contributed by atoms with van der Waals surface area (Å²) in [7, 11) is 0. The third-order valence-corrected chi connectivity index (χ3v) is 11.0. The number of rotatable bonds is 3. The Labute approximate surface area is 275 Å². The van der Waals surface area contributed by atoms with Gasteiger partial charge in [0.05, 0.1) is 11.0 Å². The Morgan fingerprint density at radius 2 is 1.17 bits per heavy atom. The summed E-state index contributed by atoms with van der Waals surface area (Å²) < 4.78 is 4.98. The number of para-hydroxylation sites is 1. The van der Waals surface area contributed by atoms with Crippen molar-refractivity contribution in [3.63, 3.8) is 0 Å². The fourth-order valence-electron chi connectivity index (χ4n) is 7.78. The number of hydrogen-bond donors (Lipinski definition) is 0. The van der Waals surface area contributed by atoms with Crippen molar-refractivity contribution in [1.29, 1.82) is 0 Å². The third-order valence-electron chi connectivity index (χ3n) is 9.82. The molecule has 0 unspecified atom stereocenters. The molecule has 0 radical (unpaired) electrons. The van der Waals surface area contributed by atoms with Gasteiger partial charge in [0.15, 0.2) is 11.6 Å². The van der Waals surface area contributed by atoms with Gasteiger partial charge in [-0.05, 0) is 28.8 Å². The standard InChI is InChI=1S/C42H28N4S/c1-42(2)30-22-12-9-19-27(30)35-36(42)38-34(29-21-11-14-24-32(29)47-38)33-28-20-10-13-23-31(28)46(37(33)35)41-44-39(25-15-5-3-6-16-25)43-40(45-41)26-17-7-4-8-18-26/h3-24H,1-2H3. The van der Waals surface area contributed by atoms with Gasteiger partial charge in [-0.25, -0.2) is 4.98 Å². The molecule has 0 N–H and O–H groups in total. The van der Waals surface area contributed by atoms with Crippen molar-refractivity contribution in [3.8, 4) is 39.9 Å². The van der Waals surface area contributed by atoms with Gasteiger partial charge in [-0.2, -0.15) is 9.97 Å². The van der Waals surface area contributed by atoms with Gasteiger partial charge in [-0.1, -0.05) is 135 Å². The van der Waals surface area contributed by atoms with Gasteiger partial charge in [0.2, 0.25) is 5.95 Å². The molecule has 9 aromatic rings. The first kappa shape index (κ1) is 26.6. The molecule has 6 aromatic carbocycles. The lowest BCUT2D eigenvalue weighted by Gasteiger charge is -2.22. The van der Waals surface area contributed by atoms with Crippen molar-refractivity contribution >= 4 is 53.3 Å². The Hall–Kier alpha value is -5.65. The van der Waals surface area contributed by atoms with Crippen LogP contribution >= 0.6 is 11.3 Å². The maximum absolute atomic E-state index is 5.26. The lowest BCUT2D eigenvalue weighted by molar-refractivity contribution is 0.667.